The first-order valence-electron chi connectivity index (χ1n) is 10.4. The van der Waals surface area contributed by atoms with Gasteiger partial charge in [0.05, 0.1) is 0 Å². The number of aromatic nitrogens is 1. The molecule has 1 amide bonds. The van der Waals surface area contributed by atoms with Gasteiger partial charge in [-0.2, -0.15) is 0 Å². The predicted octanol–water partition coefficient (Wildman–Crippen LogP) is 6.31. The number of amides is 1. The van der Waals surface area contributed by atoms with Gasteiger partial charge in [0.25, 0.3) is 5.91 Å². The Morgan fingerprint density at radius 3 is 2.66 bits per heavy atom. The normalized spacial score (nSPS) is 14.4. The Bertz CT molecular complexity index is 982. The van der Waals surface area contributed by atoms with Gasteiger partial charge in [-0.25, -0.2) is 4.39 Å². The number of ether oxygens (including phenoxy) is 1. The number of hydrogen-bond donors (Lipinski definition) is 1. The zero-order valence-electron chi connectivity index (χ0n) is 18.9. The maximum absolute atomic E-state index is 13.5. The zero-order chi connectivity index (χ0) is 23.7. The maximum Gasteiger partial charge on any atom is 0.263 e. The quantitative estimate of drug-likeness (QED) is 0.426. The Kier molecular flexibility index (Phi) is 9.21. The van der Waals surface area contributed by atoms with E-state index in [0.717, 1.165) is 11.1 Å². The van der Waals surface area contributed by atoms with Gasteiger partial charge in [-0.3, -0.25) is 9.78 Å². The van der Waals surface area contributed by atoms with Crippen molar-refractivity contribution < 1.29 is 13.9 Å². The molecule has 1 N–H and O–H groups in total. The lowest BCUT2D eigenvalue weighted by Gasteiger charge is -2.31. The lowest BCUT2D eigenvalue weighted by atomic mass is 9.86. The molecule has 0 radical (unpaired) electrons. The summed E-state index contributed by atoms with van der Waals surface area (Å²) in [6, 6.07) is 9.35. The summed E-state index contributed by atoms with van der Waals surface area (Å²) in [6.07, 6.45) is 9.66. The summed E-state index contributed by atoms with van der Waals surface area (Å²) in [7, 11) is 0. The highest BCUT2D eigenvalue weighted by Crippen LogP contribution is 2.28. The average molecular weight is 457 g/mol. The van der Waals surface area contributed by atoms with Crippen LogP contribution >= 0.6 is 11.6 Å². The molecule has 0 aliphatic rings. The number of hydrogen-bond acceptors (Lipinski definition) is 3. The molecule has 0 fully saturated rings. The van der Waals surface area contributed by atoms with Crippen LogP contribution in [0.5, 0.6) is 5.75 Å². The highest BCUT2D eigenvalue weighted by Gasteiger charge is 2.33. The third-order valence-electron chi connectivity index (χ3n) is 5.04. The minimum Gasteiger partial charge on any atom is -0.478 e. The predicted molar refractivity (Wildman–Crippen MR) is 128 cm³/mol. The lowest BCUT2D eigenvalue weighted by molar-refractivity contribution is -0.135. The molecule has 170 valence electrons. The molecule has 1 aromatic carbocycles. The summed E-state index contributed by atoms with van der Waals surface area (Å²) in [5.41, 5.74) is 0.774. The molecule has 1 heterocycles. The summed E-state index contributed by atoms with van der Waals surface area (Å²) < 4.78 is 19.3. The molecule has 0 aliphatic carbocycles. The van der Waals surface area contributed by atoms with Crippen molar-refractivity contribution in [2.24, 2.45) is 0 Å². The van der Waals surface area contributed by atoms with E-state index in [4.69, 9.17) is 16.3 Å². The Balaban J connectivity index is 2.22. The molecular weight excluding hydrogens is 427 g/mol. The highest BCUT2D eigenvalue weighted by molar-refractivity contribution is 6.29. The van der Waals surface area contributed by atoms with E-state index in [1.54, 1.807) is 51.4 Å². The Hall–Kier alpha value is -2.92. The van der Waals surface area contributed by atoms with Crippen LogP contribution in [-0.4, -0.2) is 22.5 Å². The first kappa shape index (κ1) is 25.3. The van der Waals surface area contributed by atoms with Crippen LogP contribution in [-0.2, 0) is 4.79 Å². The molecule has 6 heteroatoms. The van der Waals surface area contributed by atoms with Crippen molar-refractivity contribution in [3.05, 3.63) is 95.6 Å². The zero-order valence-corrected chi connectivity index (χ0v) is 19.7. The molecule has 4 nitrogen and oxygen atoms in total. The van der Waals surface area contributed by atoms with Gasteiger partial charge in [0.2, 0.25) is 0 Å². The van der Waals surface area contributed by atoms with Gasteiger partial charge in [-0.1, -0.05) is 42.5 Å². The van der Waals surface area contributed by atoms with E-state index in [1.807, 2.05) is 31.2 Å². The van der Waals surface area contributed by atoms with Crippen molar-refractivity contribution in [1.82, 2.24) is 10.3 Å². The van der Waals surface area contributed by atoms with E-state index in [1.165, 1.54) is 12.1 Å². The van der Waals surface area contributed by atoms with E-state index in [2.05, 4.69) is 16.9 Å². The Labute approximate surface area is 194 Å². The molecule has 2 unspecified atom stereocenters. The van der Waals surface area contributed by atoms with E-state index in [9.17, 15) is 9.18 Å². The fourth-order valence-electron chi connectivity index (χ4n) is 3.23. The van der Waals surface area contributed by atoms with Crippen LogP contribution in [0.3, 0.4) is 0 Å². The van der Waals surface area contributed by atoms with Crippen LogP contribution in [0.25, 0.3) is 0 Å². The summed E-state index contributed by atoms with van der Waals surface area (Å²) in [5, 5.41) is 3.73. The van der Waals surface area contributed by atoms with Gasteiger partial charge in [-0.05, 0) is 69.5 Å². The van der Waals surface area contributed by atoms with Crippen LogP contribution in [0.1, 0.15) is 45.6 Å². The van der Waals surface area contributed by atoms with Crippen LogP contribution in [0.2, 0.25) is 0 Å². The minimum atomic E-state index is -1.20. The molecule has 32 heavy (non-hydrogen) atoms. The number of benzene rings is 1. The second-order valence-corrected chi connectivity index (χ2v) is 8.72. The van der Waals surface area contributed by atoms with E-state index >= 15 is 0 Å². The first-order chi connectivity index (χ1) is 15.1. The van der Waals surface area contributed by atoms with E-state index < -0.39 is 11.4 Å². The lowest BCUT2D eigenvalue weighted by Crippen LogP contribution is -2.50. The molecule has 2 aromatic rings. The van der Waals surface area contributed by atoms with Gasteiger partial charge in [0.1, 0.15) is 11.6 Å². The van der Waals surface area contributed by atoms with Crippen LogP contribution in [0, 0.1) is 5.82 Å². The summed E-state index contributed by atoms with van der Waals surface area (Å²) in [4.78, 5) is 17.3. The van der Waals surface area contributed by atoms with Crippen molar-refractivity contribution in [3.63, 3.8) is 0 Å². The number of halogens is 2. The average Bonchev–Trinajstić information content (AvgIpc) is 2.74. The molecule has 2 rings (SSSR count). The van der Waals surface area contributed by atoms with Crippen LogP contribution < -0.4 is 10.1 Å². The second-order valence-electron chi connectivity index (χ2n) is 8.13. The summed E-state index contributed by atoms with van der Waals surface area (Å²) in [6.45, 7) is 11.0. The molecule has 2 atom stereocenters. The van der Waals surface area contributed by atoms with Gasteiger partial charge in [0.15, 0.2) is 5.60 Å². The maximum atomic E-state index is 13.5. The van der Waals surface area contributed by atoms with Crippen molar-refractivity contribution >= 4 is 17.5 Å². The number of rotatable bonds is 10. The number of allylic oxidation sites excluding steroid dienone is 5. The molecule has 0 bridgehead atoms. The fourth-order valence-corrected chi connectivity index (χ4v) is 3.29. The first-order valence-corrected chi connectivity index (χ1v) is 10.8. The molecule has 0 aliphatic heterocycles. The molecule has 1 aromatic heterocycles. The Morgan fingerprint density at radius 2 is 2.06 bits per heavy atom. The van der Waals surface area contributed by atoms with Crippen molar-refractivity contribution in [3.8, 4) is 5.75 Å². The van der Waals surface area contributed by atoms with Crippen LogP contribution in [0.4, 0.5) is 4.39 Å². The monoisotopic (exact) mass is 456 g/mol. The standard InChI is InChI=1S/C26H30ClFN2O2/c1-6-20(13-12-18(2)27)15-24(21-9-8-14-29-17-21)19(3)30-25(31)26(4,5)32-23-11-7-10-22(28)16-23/h6-14,16-17,19,24H,1,15H2,2-5H3,(H,30,31)/b18-12+,20-13+. The summed E-state index contributed by atoms with van der Waals surface area (Å²) in [5.74, 6) is -0.495. The number of nitrogens with zero attached hydrogens (tertiary/aromatic N) is 1. The topological polar surface area (TPSA) is 51.2 Å². The third kappa shape index (κ3) is 7.65. The second kappa shape index (κ2) is 11.6. The smallest absolute Gasteiger partial charge is 0.263 e. The number of nitrogens with one attached hydrogen (secondary N) is 1. The van der Waals surface area contributed by atoms with Crippen molar-refractivity contribution in [1.29, 1.82) is 0 Å². The molecule has 0 saturated heterocycles. The third-order valence-corrected chi connectivity index (χ3v) is 5.16. The largest absolute Gasteiger partial charge is 0.478 e. The molecular formula is C26H30ClFN2O2. The number of pyridine rings is 1. The fraction of sp³-hybridized carbons (Fsp3) is 0.308. The highest BCUT2D eigenvalue weighted by atomic mass is 35.5. The van der Waals surface area contributed by atoms with Gasteiger partial charge >= 0.3 is 0 Å². The minimum absolute atomic E-state index is 0.0640. The van der Waals surface area contributed by atoms with Gasteiger partial charge < -0.3 is 10.1 Å². The van der Waals surface area contributed by atoms with Gasteiger partial charge in [0, 0.05) is 35.5 Å². The van der Waals surface area contributed by atoms with Crippen LogP contribution in [0.15, 0.2) is 84.2 Å². The molecule has 0 spiro atoms. The van der Waals surface area contributed by atoms with E-state index in [-0.39, 0.29) is 17.9 Å². The van der Waals surface area contributed by atoms with Crippen molar-refractivity contribution in [2.45, 2.75) is 51.7 Å². The number of carbonyl (C=O) groups is 1. The SMILES string of the molecule is C=C/C(=C\C=C(/C)Cl)CC(c1cccnc1)C(C)NC(=O)C(C)(C)Oc1cccc(F)c1. The Morgan fingerprint density at radius 1 is 1.31 bits per heavy atom. The number of carbonyl (C=O) groups excluding carboxylic acids is 1. The summed E-state index contributed by atoms with van der Waals surface area (Å²) >= 11 is 5.97. The van der Waals surface area contributed by atoms with E-state index in [0.29, 0.717) is 17.2 Å². The van der Waals surface area contributed by atoms with Crippen molar-refractivity contribution in [2.75, 3.05) is 0 Å². The molecule has 0 saturated carbocycles. The van der Waals surface area contributed by atoms with Gasteiger partial charge in [-0.15, -0.1) is 0 Å².